The molecule has 3 aromatic rings. The molecule has 2 aromatic heterocycles. The summed E-state index contributed by atoms with van der Waals surface area (Å²) in [7, 11) is 0. The van der Waals surface area contributed by atoms with E-state index < -0.39 is 5.97 Å². The Kier molecular flexibility index (Phi) is 3.15. The van der Waals surface area contributed by atoms with E-state index in [2.05, 4.69) is 30.9 Å². The number of carboxylic acid groups (broad SMARTS) is 1. The van der Waals surface area contributed by atoms with Gasteiger partial charge in [0.1, 0.15) is 6.33 Å². The third-order valence-electron chi connectivity index (χ3n) is 2.86. The maximum atomic E-state index is 11.0. The number of hydrogen-bond donors (Lipinski definition) is 1. The van der Waals surface area contributed by atoms with Crippen LogP contribution in [0.2, 0.25) is 0 Å². The molecule has 1 N–H and O–H groups in total. The lowest BCUT2D eigenvalue weighted by molar-refractivity contribution is 0.0696. The van der Waals surface area contributed by atoms with Crippen LogP contribution in [0.1, 0.15) is 10.4 Å². The smallest absolute Gasteiger partial charge is 0.337 e. The van der Waals surface area contributed by atoms with Crippen LogP contribution in [0.25, 0.3) is 22.2 Å². The van der Waals surface area contributed by atoms with Gasteiger partial charge in [-0.15, -0.1) is 0 Å². The van der Waals surface area contributed by atoms with Gasteiger partial charge < -0.3 is 5.11 Å². The number of nitrogens with zero attached hydrogens (tertiary/aromatic N) is 3. The summed E-state index contributed by atoms with van der Waals surface area (Å²) in [5, 5.41) is 9.87. The second-order valence-corrected chi connectivity index (χ2v) is 5.07. The van der Waals surface area contributed by atoms with Crippen LogP contribution in [0.3, 0.4) is 0 Å². The molecule has 0 bridgehead atoms. The van der Waals surface area contributed by atoms with Gasteiger partial charge in [-0.25, -0.2) is 14.8 Å². The van der Waals surface area contributed by atoms with Crippen molar-refractivity contribution in [2.75, 3.05) is 0 Å². The number of halogens is 1. The monoisotopic (exact) mass is 329 g/mol. The molecular weight excluding hydrogens is 322 g/mol. The minimum absolute atomic E-state index is 0.129. The molecule has 0 aliphatic carbocycles. The Bertz CT molecular complexity index is 820. The van der Waals surface area contributed by atoms with Crippen LogP contribution in [0.4, 0.5) is 0 Å². The number of aromatic carboxylic acids is 1. The van der Waals surface area contributed by atoms with Crippen molar-refractivity contribution in [3.05, 3.63) is 53.0 Å². The number of hydrogen-bond acceptors (Lipinski definition) is 4. The Morgan fingerprint density at radius 1 is 1.15 bits per heavy atom. The van der Waals surface area contributed by atoms with Gasteiger partial charge in [0.2, 0.25) is 0 Å². The van der Waals surface area contributed by atoms with Crippen LogP contribution >= 0.6 is 15.9 Å². The topological polar surface area (TPSA) is 76.0 Å². The van der Waals surface area contributed by atoms with Gasteiger partial charge in [0.05, 0.1) is 16.8 Å². The van der Waals surface area contributed by atoms with E-state index in [9.17, 15) is 4.79 Å². The first-order chi connectivity index (χ1) is 9.65. The molecule has 6 heteroatoms. The molecule has 0 unspecified atom stereocenters. The van der Waals surface area contributed by atoms with Crippen molar-refractivity contribution < 1.29 is 9.90 Å². The molecule has 0 spiro atoms. The molecule has 3 rings (SSSR count). The fraction of sp³-hybridized carbons (Fsp3) is 0. The zero-order valence-electron chi connectivity index (χ0n) is 10.1. The minimum atomic E-state index is -1.01. The molecule has 0 atom stereocenters. The van der Waals surface area contributed by atoms with Gasteiger partial charge >= 0.3 is 5.97 Å². The molecule has 0 fully saturated rings. The predicted molar refractivity (Wildman–Crippen MR) is 77.4 cm³/mol. The molecule has 0 saturated heterocycles. The maximum absolute atomic E-state index is 11.0. The summed E-state index contributed by atoms with van der Waals surface area (Å²) in [4.78, 5) is 23.4. The number of benzene rings is 1. The average Bonchev–Trinajstić information content (AvgIpc) is 2.46. The van der Waals surface area contributed by atoms with E-state index in [-0.39, 0.29) is 5.56 Å². The highest BCUT2D eigenvalue weighted by Crippen LogP contribution is 2.27. The van der Waals surface area contributed by atoms with E-state index in [0.717, 1.165) is 15.4 Å². The third kappa shape index (κ3) is 2.25. The van der Waals surface area contributed by atoms with E-state index >= 15 is 0 Å². The molecule has 98 valence electrons. The lowest BCUT2D eigenvalue weighted by atomic mass is 10.1. The summed E-state index contributed by atoms with van der Waals surface area (Å²) < 4.78 is 0.906. The largest absolute Gasteiger partial charge is 0.478 e. The fourth-order valence-corrected chi connectivity index (χ4v) is 2.31. The van der Waals surface area contributed by atoms with Crippen LogP contribution in [0, 0.1) is 0 Å². The highest BCUT2D eigenvalue weighted by molar-refractivity contribution is 9.10. The highest BCUT2D eigenvalue weighted by Gasteiger charge is 2.10. The van der Waals surface area contributed by atoms with E-state index in [4.69, 9.17) is 5.11 Å². The summed E-state index contributed by atoms with van der Waals surface area (Å²) >= 11 is 3.41. The van der Waals surface area contributed by atoms with E-state index in [1.807, 2.05) is 18.2 Å². The quantitative estimate of drug-likeness (QED) is 0.781. The molecule has 0 aliphatic heterocycles. The Hall–Kier alpha value is -2.34. The number of carboxylic acids is 1. The normalized spacial score (nSPS) is 10.7. The van der Waals surface area contributed by atoms with Crippen LogP contribution in [0.5, 0.6) is 0 Å². The van der Waals surface area contributed by atoms with Gasteiger partial charge in [-0.1, -0.05) is 15.9 Å². The first kappa shape index (κ1) is 12.7. The van der Waals surface area contributed by atoms with Crippen LogP contribution in [-0.4, -0.2) is 26.0 Å². The first-order valence-electron chi connectivity index (χ1n) is 5.74. The van der Waals surface area contributed by atoms with Gasteiger partial charge in [0, 0.05) is 27.8 Å². The van der Waals surface area contributed by atoms with Crippen LogP contribution in [-0.2, 0) is 0 Å². The van der Waals surface area contributed by atoms with Crippen molar-refractivity contribution in [2.24, 2.45) is 0 Å². The van der Waals surface area contributed by atoms with Crippen molar-refractivity contribution >= 4 is 32.8 Å². The molecule has 0 aliphatic rings. The molecule has 20 heavy (non-hydrogen) atoms. The standard InChI is InChI=1S/C14H8BrN3O2/c15-10-1-2-12-11(4-10)13(18-7-17-12)8-3-9(14(19)20)6-16-5-8/h1-7H,(H,19,20). The van der Waals surface area contributed by atoms with Crippen LogP contribution < -0.4 is 0 Å². The highest BCUT2D eigenvalue weighted by atomic mass is 79.9. The minimum Gasteiger partial charge on any atom is -0.478 e. The molecule has 1 aromatic carbocycles. The number of pyridine rings is 1. The zero-order valence-corrected chi connectivity index (χ0v) is 11.7. The summed E-state index contributed by atoms with van der Waals surface area (Å²) in [6.07, 6.45) is 4.36. The second-order valence-electron chi connectivity index (χ2n) is 4.15. The second kappa shape index (κ2) is 4.97. The van der Waals surface area contributed by atoms with Crippen molar-refractivity contribution in [1.82, 2.24) is 15.0 Å². The van der Waals surface area contributed by atoms with Gasteiger partial charge in [-0.2, -0.15) is 0 Å². The SMILES string of the molecule is O=C(O)c1cncc(-c2ncnc3ccc(Br)cc23)c1. The lowest BCUT2D eigenvalue weighted by Crippen LogP contribution is -1.98. The van der Waals surface area contributed by atoms with Crippen LogP contribution in [0.15, 0.2) is 47.5 Å². The van der Waals surface area contributed by atoms with E-state index in [1.165, 1.54) is 12.5 Å². The number of rotatable bonds is 2. The van der Waals surface area contributed by atoms with E-state index in [1.54, 1.807) is 12.3 Å². The van der Waals surface area contributed by atoms with Gasteiger partial charge in [0.15, 0.2) is 0 Å². The molecular formula is C14H8BrN3O2. The maximum Gasteiger partial charge on any atom is 0.337 e. The Morgan fingerprint density at radius 3 is 2.80 bits per heavy atom. The molecule has 2 heterocycles. The summed E-state index contributed by atoms with van der Waals surface area (Å²) in [6.45, 7) is 0. The van der Waals surface area contributed by atoms with E-state index in [0.29, 0.717) is 11.3 Å². The van der Waals surface area contributed by atoms with Gasteiger partial charge in [0.25, 0.3) is 0 Å². The Balaban J connectivity index is 2.26. The van der Waals surface area contributed by atoms with Crippen molar-refractivity contribution in [2.45, 2.75) is 0 Å². The fourth-order valence-electron chi connectivity index (χ4n) is 1.95. The number of fused-ring (bicyclic) bond motifs is 1. The molecule has 0 saturated carbocycles. The van der Waals surface area contributed by atoms with Crippen molar-refractivity contribution in [3.63, 3.8) is 0 Å². The Labute approximate surface area is 122 Å². The summed E-state index contributed by atoms with van der Waals surface area (Å²) in [6, 6.07) is 7.22. The average molecular weight is 330 g/mol. The first-order valence-corrected chi connectivity index (χ1v) is 6.53. The van der Waals surface area contributed by atoms with Gasteiger partial charge in [-0.3, -0.25) is 4.98 Å². The van der Waals surface area contributed by atoms with Crippen molar-refractivity contribution in [3.8, 4) is 11.3 Å². The predicted octanol–water partition coefficient (Wildman–Crippen LogP) is 3.15. The van der Waals surface area contributed by atoms with Crippen molar-refractivity contribution in [1.29, 1.82) is 0 Å². The molecule has 5 nitrogen and oxygen atoms in total. The summed E-state index contributed by atoms with van der Waals surface area (Å²) in [5.41, 5.74) is 2.23. The number of carbonyl (C=O) groups is 1. The summed E-state index contributed by atoms with van der Waals surface area (Å²) in [5.74, 6) is -1.01. The van der Waals surface area contributed by atoms with Gasteiger partial charge in [-0.05, 0) is 24.3 Å². The molecule has 0 radical (unpaired) electrons. The lowest BCUT2D eigenvalue weighted by Gasteiger charge is -2.06. The Morgan fingerprint density at radius 2 is 2.00 bits per heavy atom. The number of aromatic nitrogens is 3. The zero-order chi connectivity index (χ0) is 14.1. The molecule has 0 amide bonds. The third-order valence-corrected chi connectivity index (χ3v) is 3.35.